The van der Waals surface area contributed by atoms with Crippen molar-refractivity contribution >= 4 is 0 Å². The van der Waals surface area contributed by atoms with E-state index < -0.39 is 0 Å². The fourth-order valence-corrected chi connectivity index (χ4v) is 0. The molecular formula is C3H5Pt. The molecule has 4 heavy (non-hydrogen) atoms. The Morgan fingerprint density at radius 3 is 2.25 bits per heavy atom. The van der Waals surface area contributed by atoms with Crippen LogP contribution in [0.1, 0.15) is 0 Å². The molecule has 0 amide bonds. The van der Waals surface area contributed by atoms with Crippen LogP contribution in [-0.2, 0) is 19.8 Å². The summed E-state index contributed by atoms with van der Waals surface area (Å²) < 4.78 is 0. The van der Waals surface area contributed by atoms with E-state index in [1.54, 1.807) is 0 Å². The predicted octanol–water partition coefficient (Wildman–Crippen LogP) is 1.14. The Kier molecular flexibility index (Phi) is 3.80. The topological polar surface area (TPSA) is 0 Å². The number of hydrogen-bond acceptors (Lipinski definition) is 0. The summed E-state index contributed by atoms with van der Waals surface area (Å²) in [6, 6.07) is 0. The van der Waals surface area contributed by atoms with Crippen molar-refractivity contribution < 1.29 is 19.8 Å². The van der Waals surface area contributed by atoms with Gasteiger partial charge in [0.05, 0.1) is 0 Å². The van der Waals surface area contributed by atoms with E-state index in [9.17, 15) is 0 Å². The predicted molar refractivity (Wildman–Crippen MR) is 15.0 cm³/mol. The summed E-state index contributed by atoms with van der Waals surface area (Å²) >= 11 is 2.22. The normalized spacial score (nSPS) is 6.50. The number of rotatable bonds is 1. The second-order valence-corrected chi connectivity index (χ2v) is 1.35. The van der Waals surface area contributed by atoms with Crippen molar-refractivity contribution in [3.05, 3.63) is 12.7 Å². The first kappa shape index (κ1) is 4.43. The first-order valence-corrected chi connectivity index (χ1v) is 2.65. The van der Waals surface area contributed by atoms with Gasteiger partial charge in [-0.15, -0.1) is 0 Å². The van der Waals surface area contributed by atoms with Crippen LogP contribution in [-0.4, -0.2) is 0 Å². The van der Waals surface area contributed by atoms with E-state index in [-0.39, 0.29) is 0 Å². The summed E-state index contributed by atoms with van der Waals surface area (Å²) in [7, 11) is 0. The van der Waals surface area contributed by atoms with Gasteiger partial charge in [-0.3, -0.25) is 0 Å². The van der Waals surface area contributed by atoms with Gasteiger partial charge in [-0.05, 0) is 0 Å². The molecule has 0 nitrogen and oxygen atoms in total. The van der Waals surface area contributed by atoms with E-state index in [0.717, 1.165) is 4.81 Å². The molecule has 0 spiro atoms. The fourth-order valence-electron chi connectivity index (χ4n) is 0. The summed E-state index contributed by atoms with van der Waals surface area (Å²) in [5.74, 6) is 0. The van der Waals surface area contributed by atoms with Gasteiger partial charge in [0.25, 0.3) is 0 Å². The van der Waals surface area contributed by atoms with Crippen molar-refractivity contribution in [1.29, 1.82) is 0 Å². The van der Waals surface area contributed by atoms with Gasteiger partial charge in [0.2, 0.25) is 0 Å². The van der Waals surface area contributed by atoms with E-state index in [0.29, 0.717) is 0 Å². The minimum absolute atomic E-state index is 1.06. The van der Waals surface area contributed by atoms with Crippen molar-refractivity contribution in [3.8, 4) is 0 Å². The molecule has 0 saturated carbocycles. The van der Waals surface area contributed by atoms with Gasteiger partial charge in [0, 0.05) is 0 Å². The molecule has 0 bridgehead atoms. The molecular weight excluding hydrogens is 231 g/mol. The Bertz CT molecular complexity index is 17.2. The van der Waals surface area contributed by atoms with Crippen LogP contribution in [0.2, 0.25) is 4.81 Å². The van der Waals surface area contributed by atoms with Crippen LogP contribution in [0.15, 0.2) is 12.7 Å². The van der Waals surface area contributed by atoms with E-state index >= 15 is 0 Å². The fraction of sp³-hybridized carbons (Fsp3) is 0.333. The summed E-state index contributed by atoms with van der Waals surface area (Å²) in [5.41, 5.74) is 0. The Hall–Kier alpha value is 0.428. The molecule has 0 N–H and O–H groups in total. The van der Waals surface area contributed by atoms with Crippen LogP contribution in [0.5, 0.6) is 0 Å². The number of hydrogen-bond donors (Lipinski definition) is 0. The minimum atomic E-state index is 1.06. The Morgan fingerprint density at radius 2 is 2.25 bits per heavy atom. The van der Waals surface area contributed by atoms with Crippen molar-refractivity contribution in [3.63, 3.8) is 0 Å². The summed E-state index contributed by atoms with van der Waals surface area (Å²) in [6.07, 6.45) is 1.86. The van der Waals surface area contributed by atoms with Gasteiger partial charge in [-0.25, -0.2) is 0 Å². The first-order valence-electron chi connectivity index (χ1n) is 1.04. The molecule has 0 atom stereocenters. The third-order valence-electron chi connectivity index (χ3n) is 0.0913. The molecule has 1 heteroatoms. The quantitative estimate of drug-likeness (QED) is 0.599. The monoisotopic (exact) mass is 236 g/mol. The van der Waals surface area contributed by atoms with E-state index in [2.05, 4.69) is 26.4 Å². The summed E-state index contributed by atoms with van der Waals surface area (Å²) in [5, 5.41) is 0. The number of allylic oxidation sites excluding steroid dienone is 1. The zero-order valence-electron chi connectivity index (χ0n) is 2.31. The average molecular weight is 236 g/mol. The molecule has 0 aliphatic carbocycles. The Balaban J connectivity index is 2.30. The van der Waals surface area contributed by atoms with Crippen LogP contribution in [0, 0.1) is 0 Å². The molecule has 0 aromatic rings. The van der Waals surface area contributed by atoms with E-state index in [1.165, 1.54) is 0 Å². The van der Waals surface area contributed by atoms with E-state index in [4.69, 9.17) is 0 Å². The second-order valence-electron chi connectivity index (χ2n) is 0.418. The molecule has 0 unspecified atom stereocenters. The molecule has 27 valence electrons. The van der Waals surface area contributed by atoms with Crippen LogP contribution in [0.25, 0.3) is 0 Å². The second kappa shape index (κ2) is 3.43. The van der Waals surface area contributed by atoms with Gasteiger partial charge in [0.1, 0.15) is 0 Å². The summed E-state index contributed by atoms with van der Waals surface area (Å²) in [4.78, 5) is 1.06. The van der Waals surface area contributed by atoms with Crippen LogP contribution in [0.3, 0.4) is 0 Å². The van der Waals surface area contributed by atoms with Crippen molar-refractivity contribution in [1.82, 2.24) is 0 Å². The van der Waals surface area contributed by atoms with Gasteiger partial charge >= 0.3 is 37.3 Å². The van der Waals surface area contributed by atoms with Crippen molar-refractivity contribution in [2.75, 3.05) is 0 Å². The van der Waals surface area contributed by atoms with Gasteiger partial charge in [-0.1, -0.05) is 0 Å². The molecule has 0 heterocycles. The molecule has 0 aromatic carbocycles. The van der Waals surface area contributed by atoms with Crippen molar-refractivity contribution in [2.24, 2.45) is 0 Å². The first-order chi connectivity index (χ1) is 1.91. The zero-order valence-corrected chi connectivity index (χ0v) is 4.58. The molecule has 0 aliphatic heterocycles. The zero-order chi connectivity index (χ0) is 3.41. The molecule has 0 rings (SSSR count). The Labute approximate surface area is 37.8 Å². The van der Waals surface area contributed by atoms with Gasteiger partial charge in [-0.2, -0.15) is 0 Å². The van der Waals surface area contributed by atoms with Crippen LogP contribution >= 0.6 is 0 Å². The van der Waals surface area contributed by atoms with Crippen molar-refractivity contribution in [2.45, 2.75) is 4.81 Å². The molecule has 0 aliphatic rings. The van der Waals surface area contributed by atoms with Gasteiger partial charge < -0.3 is 0 Å². The Morgan fingerprint density at radius 1 is 2.00 bits per heavy atom. The maximum absolute atomic E-state index is 3.47. The maximum atomic E-state index is 3.47. The van der Waals surface area contributed by atoms with Crippen LogP contribution < -0.4 is 0 Å². The molecule has 0 aromatic heterocycles. The average Bonchev–Trinajstić information content (AvgIpc) is 1.37. The molecule has 0 saturated heterocycles. The van der Waals surface area contributed by atoms with Crippen LogP contribution in [0.4, 0.5) is 0 Å². The SMILES string of the molecule is C=C[CH2][Pt]. The third-order valence-corrected chi connectivity index (χ3v) is 0.747. The summed E-state index contributed by atoms with van der Waals surface area (Å²) in [6.45, 7) is 3.47. The van der Waals surface area contributed by atoms with E-state index in [1.807, 2.05) is 6.08 Å². The standard InChI is InChI=1S/C3H5.Pt/c1-3-2;/h3H,1-2H2;. The molecule has 0 radical (unpaired) electrons. The third kappa shape index (κ3) is 2.43. The molecule has 0 fully saturated rings. The van der Waals surface area contributed by atoms with Gasteiger partial charge in [0.15, 0.2) is 0 Å².